The van der Waals surface area contributed by atoms with Crippen molar-refractivity contribution in [1.82, 2.24) is 5.32 Å². The van der Waals surface area contributed by atoms with Crippen molar-refractivity contribution >= 4 is 9.84 Å². The summed E-state index contributed by atoms with van der Waals surface area (Å²) in [6, 6.07) is 2.23. The highest BCUT2D eigenvalue weighted by atomic mass is 32.2. The zero-order valence-electron chi connectivity index (χ0n) is 11.2. The highest BCUT2D eigenvalue weighted by Gasteiger charge is 2.36. The normalized spacial score (nSPS) is 23.2. The van der Waals surface area contributed by atoms with Crippen molar-refractivity contribution in [3.8, 4) is 0 Å². The Kier molecular flexibility index (Phi) is 4.30. The van der Waals surface area contributed by atoms with Crippen LogP contribution < -0.4 is 5.32 Å². The number of halogens is 4. The SMILES string of the molecule is CNC(c1ccc(C(F)(F)F)c(F)c1)C1CCS(=O)(=O)C1. The Morgan fingerprint density at radius 2 is 2.00 bits per heavy atom. The first kappa shape index (κ1) is 16.2. The van der Waals surface area contributed by atoms with Gasteiger partial charge in [0.05, 0.1) is 17.1 Å². The van der Waals surface area contributed by atoms with Crippen LogP contribution in [0.15, 0.2) is 18.2 Å². The van der Waals surface area contributed by atoms with Gasteiger partial charge in [0.15, 0.2) is 9.84 Å². The largest absolute Gasteiger partial charge is 0.419 e. The van der Waals surface area contributed by atoms with Crippen molar-refractivity contribution in [3.05, 3.63) is 35.1 Å². The summed E-state index contributed by atoms with van der Waals surface area (Å²) in [6.07, 6.45) is -4.33. The lowest BCUT2D eigenvalue weighted by Crippen LogP contribution is -2.26. The van der Waals surface area contributed by atoms with Crippen molar-refractivity contribution in [2.45, 2.75) is 18.6 Å². The Labute approximate surface area is 120 Å². The van der Waals surface area contributed by atoms with Gasteiger partial charge in [-0.3, -0.25) is 0 Å². The first-order valence-electron chi connectivity index (χ1n) is 6.38. The number of alkyl halides is 3. The summed E-state index contributed by atoms with van der Waals surface area (Å²) < 4.78 is 74.2. The van der Waals surface area contributed by atoms with E-state index in [2.05, 4.69) is 5.32 Å². The Morgan fingerprint density at radius 1 is 1.33 bits per heavy atom. The fourth-order valence-corrected chi connectivity index (χ4v) is 4.56. The second kappa shape index (κ2) is 5.57. The maximum atomic E-state index is 13.6. The number of nitrogens with one attached hydrogen (secondary N) is 1. The predicted octanol–water partition coefficient (Wildman–Crippen LogP) is 2.54. The van der Waals surface area contributed by atoms with Crippen LogP contribution in [0.5, 0.6) is 0 Å². The number of benzene rings is 1. The van der Waals surface area contributed by atoms with Crippen LogP contribution in [-0.4, -0.2) is 27.0 Å². The molecule has 2 atom stereocenters. The lowest BCUT2D eigenvalue weighted by atomic mass is 9.92. The quantitative estimate of drug-likeness (QED) is 0.869. The van der Waals surface area contributed by atoms with Gasteiger partial charge in [-0.15, -0.1) is 0 Å². The molecule has 1 N–H and O–H groups in total. The van der Waals surface area contributed by atoms with E-state index < -0.39 is 33.4 Å². The van der Waals surface area contributed by atoms with E-state index in [1.54, 1.807) is 7.05 Å². The zero-order valence-corrected chi connectivity index (χ0v) is 12.1. The van der Waals surface area contributed by atoms with Gasteiger partial charge in [-0.25, -0.2) is 12.8 Å². The first-order valence-corrected chi connectivity index (χ1v) is 8.20. The average Bonchev–Trinajstić information content (AvgIpc) is 2.69. The zero-order chi connectivity index (χ0) is 15.8. The molecule has 21 heavy (non-hydrogen) atoms. The van der Waals surface area contributed by atoms with Crippen LogP contribution in [0.2, 0.25) is 0 Å². The molecule has 1 aliphatic rings. The molecular formula is C13H15F4NO2S. The third kappa shape index (κ3) is 3.55. The minimum absolute atomic E-state index is 0.0405. The van der Waals surface area contributed by atoms with E-state index in [0.717, 1.165) is 6.07 Å². The van der Waals surface area contributed by atoms with Crippen molar-refractivity contribution in [3.63, 3.8) is 0 Å². The van der Waals surface area contributed by atoms with Gasteiger partial charge in [0, 0.05) is 6.04 Å². The molecule has 1 fully saturated rings. The second-order valence-electron chi connectivity index (χ2n) is 5.17. The number of rotatable bonds is 3. The van der Waals surface area contributed by atoms with Gasteiger partial charge in [0.2, 0.25) is 0 Å². The summed E-state index contributed by atoms with van der Waals surface area (Å²) >= 11 is 0. The summed E-state index contributed by atoms with van der Waals surface area (Å²) in [7, 11) is -1.54. The fraction of sp³-hybridized carbons (Fsp3) is 0.538. The second-order valence-corrected chi connectivity index (χ2v) is 7.40. The standard InChI is InChI=1S/C13H15F4NO2S/c1-18-12(9-4-5-21(19,20)7-9)8-2-3-10(11(14)6-8)13(15,16)17/h2-3,6,9,12,18H,4-5,7H2,1H3. The molecule has 2 rings (SSSR count). The molecule has 0 aliphatic carbocycles. The van der Waals surface area contributed by atoms with Crippen LogP contribution >= 0.6 is 0 Å². The van der Waals surface area contributed by atoms with E-state index in [1.165, 1.54) is 6.07 Å². The van der Waals surface area contributed by atoms with Crippen LogP contribution in [0.3, 0.4) is 0 Å². The third-order valence-corrected chi connectivity index (χ3v) is 5.50. The molecule has 1 aromatic rings. The minimum Gasteiger partial charge on any atom is -0.313 e. The highest BCUT2D eigenvalue weighted by molar-refractivity contribution is 7.91. The molecule has 2 unspecified atom stereocenters. The molecule has 0 aromatic heterocycles. The third-order valence-electron chi connectivity index (χ3n) is 3.71. The maximum absolute atomic E-state index is 13.6. The van der Waals surface area contributed by atoms with Crippen LogP contribution in [0.1, 0.15) is 23.6 Å². The van der Waals surface area contributed by atoms with Crippen molar-refractivity contribution in [1.29, 1.82) is 0 Å². The topological polar surface area (TPSA) is 46.2 Å². The molecule has 3 nitrogen and oxygen atoms in total. The lowest BCUT2D eigenvalue weighted by molar-refractivity contribution is -0.140. The number of hydrogen-bond donors (Lipinski definition) is 1. The maximum Gasteiger partial charge on any atom is 0.419 e. The van der Waals surface area contributed by atoms with Gasteiger partial charge >= 0.3 is 6.18 Å². The van der Waals surface area contributed by atoms with Crippen LogP contribution in [0.25, 0.3) is 0 Å². The van der Waals surface area contributed by atoms with Gasteiger partial charge < -0.3 is 5.32 Å². The van der Waals surface area contributed by atoms with Crippen LogP contribution in [0, 0.1) is 11.7 Å². The lowest BCUT2D eigenvalue weighted by Gasteiger charge is -2.23. The van der Waals surface area contributed by atoms with Crippen molar-refractivity contribution < 1.29 is 26.0 Å². The van der Waals surface area contributed by atoms with E-state index in [1.807, 2.05) is 0 Å². The molecule has 1 saturated heterocycles. The van der Waals surface area contributed by atoms with E-state index in [4.69, 9.17) is 0 Å². The predicted molar refractivity (Wildman–Crippen MR) is 70.0 cm³/mol. The smallest absolute Gasteiger partial charge is 0.313 e. The van der Waals surface area contributed by atoms with Gasteiger partial charge in [0.1, 0.15) is 5.82 Å². The summed E-state index contributed by atoms with van der Waals surface area (Å²) in [5.74, 6) is -1.60. The number of sulfone groups is 1. The Balaban J connectivity index is 2.30. The molecular weight excluding hydrogens is 310 g/mol. The highest BCUT2D eigenvalue weighted by Crippen LogP contribution is 2.35. The molecule has 8 heteroatoms. The van der Waals surface area contributed by atoms with Crippen LogP contribution in [-0.2, 0) is 16.0 Å². The van der Waals surface area contributed by atoms with Crippen molar-refractivity contribution in [2.75, 3.05) is 18.6 Å². The Morgan fingerprint density at radius 3 is 2.43 bits per heavy atom. The fourth-order valence-electron chi connectivity index (χ4n) is 2.72. The van der Waals surface area contributed by atoms with E-state index in [0.29, 0.717) is 18.1 Å². The van der Waals surface area contributed by atoms with Crippen LogP contribution in [0.4, 0.5) is 17.6 Å². The Hall–Kier alpha value is -1.15. The molecule has 0 amide bonds. The van der Waals surface area contributed by atoms with E-state index in [9.17, 15) is 26.0 Å². The first-order chi connectivity index (χ1) is 9.64. The summed E-state index contributed by atoms with van der Waals surface area (Å²) in [5, 5.41) is 2.87. The summed E-state index contributed by atoms with van der Waals surface area (Å²) in [6.45, 7) is 0. The monoisotopic (exact) mass is 325 g/mol. The van der Waals surface area contributed by atoms with Gasteiger partial charge in [-0.2, -0.15) is 13.2 Å². The summed E-state index contributed by atoms with van der Waals surface area (Å²) in [5.41, 5.74) is -0.995. The molecule has 0 spiro atoms. The molecule has 1 aromatic carbocycles. The minimum atomic E-state index is -4.74. The Bertz CT molecular complexity index is 628. The molecule has 1 aliphatic heterocycles. The average molecular weight is 325 g/mol. The van der Waals surface area contributed by atoms with Gasteiger partial charge in [0.25, 0.3) is 0 Å². The van der Waals surface area contributed by atoms with Gasteiger partial charge in [-0.05, 0) is 37.1 Å². The molecule has 118 valence electrons. The van der Waals surface area contributed by atoms with E-state index >= 15 is 0 Å². The van der Waals surface area contributed by atoms with Crippen molar-refractivity contribution in [2.24, 2.45) is 5.92 Å². The van der Waals surface area contributed by atoms with E-state index in [-0.39, 0.29) is 17.4 Å². The summed E-state index contributed by atoms with van der Waals surface area (Å²) in [4.78, 5) is 0. The molecule has 0 saturated carbocycles. The molecule has 0 radical (unpaired) electrons. The molecule has 0 bridgehead atoms. The molecule has 1 heterocycles. The van der Waals surface area contributed by atoms with Gasteiger partial charge in [-0.1, -0.05) is 6.07 Å². The number of hydrogen-bond acceptors (Lipinski definition) is 3.